The van der Waals surface area contributed by atoms with E-state index in [1.54, 1.807) is 30.3 Å². The van der Waals surface area contributed by atoms with Crippen LogP contribution in [0.25, 0.3) is 6.08 Å². The molecule has 0 atom stereocenters. The van der Waals surface area contributed by atoms with E-state index in [1.165, 1.54) is 42.5 Å². The number of carbonyl (C=O) groups is 2. The summed E-state index contributed by atoms with van der Waals surface area (Å²) in [6, 6.07) is 17.9. The van der Waals surface area contributed by atoms with Crippen LogP contribution in [0.1, 0.15) is 21.5 Å². The van der Waals surface area contributed by atoms with Crippen LogP contribution in [0.3, 0.4) is 0 Å². The summed E-state index contributed by atoms with van der Waals surface area (Å²) in [5.74, 6) is -2.23. The molecule has 0 spiro atoms. The Balaban J connectivity index is 1.94. The molecular weight excluding hydrogens is 401 g/mol. The van der Waals surface area contributed by atoms with Gasteiger partial charge in [-0.2, -0.15) is 0 Å². The van der Waals surface area contributed by atoms with Crippen LogP contribution in [0.4, 0.5) is 15.8 Å². The number of nitro benzene ring substituents is 1. The van der Waals surface area contributed by atoms with E-state index in [2.05, 4.69) is 10.6 Å². The summed E-state index contributed by atoms with van der Waals surface area (Å²) in [5.41, 5.74) is 1.19. The van der Waals surface area contributed by atoms with Crippen LogP contribution in [0, 0.1) is 22.9 Å². The average Bonchev–Trinajstić information content (AvgIpc) is 2.75. The zero-order valence-corrected chi connectivity index (χ0v) is 16.5. The lowest BCUT2D eigenvalue weighted by atomic mass is 10.1. The highest BCUT2D eigenvalue weighted by Gasteiger charge is 2.18. The molecule has 8 heteroatoms. The fourth-order valence-electron chi connectivity index (χ4n) is 2.72. The number of aryl methyl sites for hydroxylation is 1. The van der Waals surface area contributed by atoms with Gasteiger partial charge in [-0.15, -0.1) is 0 Å². The molecule has 2 amide bonds. The van der Waals surface area contributed by atoms with Gasteiger partial charge in [-0.1, -0.05) is 42.0 Å². The van der Waals surface area contributed by atoms with Crippen LogP contribution in [0.5, 0.6) is 0 Å². The summed E-state index contributed by atoms with van der Waals surface area (Å²) in [6.07, 6.45) is 1.29. The van der Waals surface area contributed by atoms with Crippen LogP contribution >= 0.6 is 0 Å². The monoisotopic (exact) mass is 419 g/mol. The van der Waals surface area contributed by atoms with Gasteiger partial charge in [-0.3, -0.25) is 19.7 Å². The Labute approximate surface area is 177 Å². The van der Waals surface area contributed by atoms with E-state index >= 15 is 0 Å². The Morgan fingerprint density at radius 1 is 1.00 bits per heavy atom. The highest BCUT2D eigenvalue weighted by Crippen LogP contribution is 2.17. The molecule has 0 radical (unpaired) electrons. The number of nitrogens with one attached hydrogen (secondary N) is 2. The van der Waals surface area contributed by atoms with Gasteiger partial charge >= 0.3 is 0 Å². The zero-order valence-electron chi connectivity index (χ0n) is 16.5. The Hall–Kier alpha value is -4.33. The Bertz CT molecular complexity index is 1170. The summed E-state index contributed by atoms with van der Waals surface area (Å²) in [5, 5.41) is 16.1. The molecule has 0 aliphatic rings. The van der Waals surface area contributed by atoms with Gasteiger partial charge in [0.15, 0.2) is 0 Å². The number of amides is 2. The first kappa shape index (κ1) is 21.4. The maximum absolute atomic E-state index is 14.0. The molecule has 0 bridgehead atoms. The van der Waals surface area contributed by atoms with Crippen molar-refractivity contribution in [2.24, 2.45) is 0 Å². The molecule has 0 fully saturated rings. The fourth-order valence-corrected chi connectivity index (χ4v) is 2.72. The quantitative estimate of drug-likeness (QED) is 0.350. The lowest BCUT2D eigenvalue weighted by Crippen LogP contribution is -2.31. The number of halogens is 1. The minimum Gasteiger partial charge on any atom is -0.321 e. The van der Waals surface area contributed by atoms with E-state index in [9.17, 15) is 24.1 Å². The maximum atomic E-state index is 14.0. The summed E-state index contributed by atoms with van der Waals surface area (Å²) in [7, 11) is 0. The molecular formula is C23H18FN3O4. The van der Waals surface area contributed by atoms with Crippen molar-refractivity contribution in [2.75, 3.05) is 5.32 Å². The fraction of sp³-hybridized carbons (Fsp3) is 0.0435. The molecule has 3 aromatic carbocycles. The second-order valence-corrected chi connectivity index (χ2v) is 6.66. The lowest BCUT2D eigenvalue weighted by molar-refractivity contribution is -0.384. The minimum atomic E-state index is -0.825. The zero-order chi connectivity index (χ0) is 22.4. The summed E-state index contributed by atoms with van der Waals surface area (Å²) >= 11 is 0. The summed E-state index contributed by atoms with van der Waals surface area (Å²) in [4.78, 5) is 35.9. The standard InChI is InChI=1S/C23H18FN3O4/c1-15-9-11-17(12-10-15)25-23(29)21(14-16-5-4-6-18(13-16)27(30)31)26-22(28)19-7-2-3-8-20(19)24/h2-14H,1H3,(H,25,29)(H,26,28)/b21-14-. The Morgan fingerprint density at radius 2 is 1.71 bits per heavy atom. The second kappa shape index (κ2) is 9.45. The molecule has 0 unspecified atom stereocenters. The van der Waals surface area contributed by atoms with Crippen LogP contribution in [0.2, 0.25) is 0 Å². The number of hydrogen-bond acceptors (Lipinski definition) is 4. The SMILES string of the molecule is Cc1ccc(NC(=O)/C(=C/c2cccc([N+](=O)[O-])c2)NC(=O)c2ccccc2F)cc1. The number of hydrogen-bond donors (Lipinski definition) is 2. The molecule has 31 heavy (non-hydrogen) atoms. The number of nitrogens with zero attached hydrogens (tertiary/aromatic N) is 1. The Kier molecular flexibility index (Phi) is 6.51. The average molecular weight is 419 g/mol. The molecule has 0 aliphatic carbocycles. The van der Waals surface area contributed by atoms with Gasteiger partial charge in [0, 0.05) is 17.8 Å². The lowest BCUT2D eigenvalue weighted by Gasteiger charge is -2.12. The van der Waals surface area contributed by atoms with Crippen LogP contribution in [0.15, 0.2) is 78.5 Å². The summed E-state index contributed by atoms with van der Waals surface area (Å²) in [6.45, 7) is 1.90. The first-order valence-electron chi connectivity index (χ1n) is 9.23. The van der Waals surface area contributed by atoms with Crippen LogP contribution in [-0.4, -0.2) is 16.7 Å². The molecule has 0 heterocycles. The van der Waals surface area contributed by atoms with E-state index in [0.29, 0.717) is 11.3 Å². The third-order valence-electron chi connectivity index (χ3n) is 4.31. The first-order valence-corrected chi connectivity index (χ1v) is 9.23. The van der Waals surface area contributed by atoms with Gasteiger partial charge in [-0.05, 0) is 42.8 Å². The van der Waals surface area contributed by atoms with Gasteiger partial charge in [0.1, 0.15) is 11.5 Å². The second-order valence-electron chi connectivity index (χ2n) is 6.66. The first-order chi connectivity index (χ1) is 14.8. The van der Waals surface area contributed by atoms with Gasteiger partial charge in [-0.25, -0.2) is 4.39 Å². The van der Waals surface area contributed by atoms with Crippen LogP contribution < -0.4 is 10.6 Å². The molecule has 0 aliphatic heterocycles. The van der Waals surface area contributed by atoms with E-state index in [-0.39, 0.29) is 16.9 Å². The van der Waals surface area contributed by atoms with Crippen molar-refractivity contribution in [3.63, 3.8) is 0 Å². The van der Waals surface area contributed by atoms with Crippen molar-refractivity contribution in [2.45, 2.75) is 6.92 Å². The van der Waals surface area contributed by atoms with Crippen molar-refractivity contribution >= 4 is 29.3 Å². The van der Waals surface area contributed by atoms with Crippen molar-refractivity contribution < 1.29 is 18.9 Å². The smallest absolute Gasteiger partial charge is 0.272 e. The van der Waals surface area contributed by atoms with E-state index in [0.717, 1.165) is 11.6 Å². The van der Waals surface area contributed by atoms with Gasteiger partial charge in [0.2, 0.25) is 0 Å². The number of non-ortho nitro benzene ring substituents is 1. The topological polar surface area (TPSA) is 101 Å². The number of anilines is 1. The number of carbonyl (C=O) groups excluding carboxylic acids is 2. The van der Waals surface area contributed by atoms with Gasteiger partial charge in [0.05, 0.1) is 10.5 Å². The molecule has 156 valence electrons. The Morgan fingerprint density at radius 3 is 2.39 bits per heavy atom. The maximum Gasteiger partial charge on any atom is 0.272 e. The van der Waals surface area contributed by atoms with E-state index in [1.807, 2.05) is 6.92 Å². The number of benzene rings is 3. The molecule has 2 N–H and O–H groups in total. The normalized spacial score (nSPS) is 11.0. The van der Waals surface area contributed by atoms with Gasteiger partial charge < -0.3 is 10.6 Å². The highest BCUT2D eigenvalue weighted by atomic mass is 19.1. The van der Waals surface area contributed by atoms with Crippen molar-refractivity contribution in [1.29, 1.82) is 0 Å². The van der Waals surface area contributed by atoms with Crippen LogP contribution in [-0.2, 0) is 4.79 Å². The third-order valence-corrected chi connectivity index (χ3v) is 4.31. The third kappa shape index (κ3) is 5.60. The minimum absolute atomic E-state index is 0.174. The van der Waals surface area contributed by atoms with E-state index in [4.69, 9.17) is 0 Å². The molecule has 0 saturated heterocycles. The van der Waals surface area contributed by atoms with Crippen molar-refractivity contribution in [3.8, 4) is 0 Å². The predicted octanol–water partition coefficient (Wildman–Crippen LogP) is 4.45. The van der Waals surface area contributed by atoms with Gasteiger partial charge in [0.25, 0.3) is 17.5 Å². The predicted molar refractivity (Wildman–Crippen MR) is 115 cm³/mol. The molecule has 3 rings (SSSR count). The molecule has 0 aromatic heterocycles. The number of rotatable bonds is 6. The summed E-state index contributed by atoms with van der Waals surface area (Å²) < 4.78 is 14.0. The van der Waals surface area contributed by atoms with E-state index < -0.39 is 22.6 Å². The number of nitro groups is 1. The molecule has 0 saturated carbocycles. The van der Waals surface area contributed by atoms with Crippen molar-refractivity contribution in [1.82, 2.24) is 5.32 Å². The molecule has 7 nitrogen and oxygen atoms in total. The highest BCUT2D eigenvalue weighted by molar-refractivity contribution is 6.10. The van der Waals surface area contributed by atoms with Crippen molar-refractivity contribution in [3.05, 3.63) is 111 Å². The largest absolute Gasteiger partial charge is 0.321 e. The molecule has 3 aromatic rings.